The fourth-order valence-corrected chi connectivity index (χ4v) is 9.14. The molecule has 0 fully saturated rings. The predicted molar refractivity (Wildman–Crippen MR) is 246 cm³/mol. The Hall–Kier alpha value is -7.95. The topological polar surface area (TPSA) is 43.6 Å². The molecular formula is C55H34N4. The Morgan fingerprint density at radius 2 is 0.763 bits per heavy atom. The van der Waals surface area contributed by atoms with Crippen LogP contribution in [0.15, 0.2) is 206 Å². The highest BCUT2D eigenvalue weighted by Crippen LogP contribution is 2.43. The van der Waals surface area contributed by atoms with Crippen LogP contribution >= 0.6 is 0 Å². The predicted octanol–water partition coefficient (Wildman–Crippen LogP) is 14.2. The van der Waals surface area contributed by atoms with Crippen molar-refractivity contribution < 1.29 is 0 Å². The summed E-state index contributed by atoms with van der Waals surface area (Å²) in [6, 6.07) is 73.3. The molecule has 2 heterocycles. The SMILES string of the molecule is c1ccc(-c2nc(-c3cccc(-c4ccc5c6ccccc6n(-c6ccccc6)c5c4)c3)nc(-c3cc4c5ccccc5c5ccccc5c4c4ccccc34)n2)cc1. The molecule has 2 aromatic heterocycles. The van der Waals surface area contributed by atoms with Crippen molar-refractivity contribution in [1.29, 1.82) is 0 Å². The summed E-state index contributed by atoms with van der Waals surface area (Å²) in [4.78, 5) is 15.8. The smallest absolute Gasteiger partial charge is 0.164 e. The van der Waals surface area contributed by atoms with Gasteiger partial charge >= 0.3 is 0 Å². The minimum absolute atomic E-state index is 0.628. The summed E-state index contributed by atoms with van der Waals surface area (Å²) in [6.45, 7) is 0. The number of nitrogens with zero attached hydrogens (tertiary/aromatic N) is 4. The minimum Gasteiger partial charge on any atom is -0.309 e. The van der Waals surface area contributed by atoms with Crippen LogP contribution in [0.3, 0.4) is 0 Å². The van der Waals surface area contributed by atoms with E-state index in [1.54, 1.807) is 0 Å². The molecule has 0 spiro atoms. The average Bonchev–Trinajstić information content (AvgIpc) is 3.65. The van der Waals surface area contributed by atoms with Crippen LogP contribution < -0.4 is 0 Å². The van der Waals surface area contributed by atoms with Gasteiger partial charge in [-0.05, 0) is 90.6 Å². The molecule has 4 heteroatoms. The van der Waals surface area contributed by atoms with Crippen LogP contribution in [-0.2, 0) is 0 Å². The van der Waals surface area contributed by atoms with Gasteiger partial charge in [0.25, 0.3) is 0 Å². The summed E-state index contributed by atoms with van der Waals surface area (Å²) in [5, 5.41) is 12.1. The lowest BCUT2D eigenvalue weighted by atomic mass is 9.89. The summed E-state index contributed by atoms with van der Waals surface area (Å²) in [5.74, 6) is 1.91. The van der Waals surface area contributed by atoms with E-state index in [0.717, 1.165) is 44.4 Å². The second-order valence-electron chi connectivity index (χ2n) is 15.2. The van der Waals surface area contributed by atoms with Gasteiger partial charge in [-0.1, -0.05) is 170 Å². The van der Waals surface area contributed by atoms with Gasteiger partial charge in [-0.3, -0.25) is 0 Å². The number of fused-ring (bicyclic) bond motifs is 11. The molecule has 0 N–H and O–H groups in total. The van der Waals surface area contributed by atoms with Gasteiger partial charge in [-0.25, -0.2) is 15.0 Å². The molecule has 274 valence electrons. The first-order chi connectivity index (χ1) is 29.3. The highest BCUT2D eigenvalue weighted by Gasteiger charge is 2.19. The van der Waals surface area contributed by atoms with E-state index < -0.39 is 0 Å². The second kappa shape index (κ2) is 13.3. The Morgan fingerprint density at radius 3 is 1.51 bits per heavy atom. The number of para-hydroxylation sites is 2. The quantitative estimate of drug-likeness (QED) is 0.165. The van der Waals surface area contributed by atoms with Gasteiger partial charge < -0.3 is 4.57 Å². The van der Waals surface area contributed by atoms with E-state index in [1.165, 1.54) is 54.0 Å². The van der Waals surface area contributed by atoms with Crippen LogP contribution in [0.2, 0.25) is 0 Å². The third-order valence-electron chi connectivity index (χ3n) is 11.8. The maximum atomic E-state index is 5.34. The van der Waals surface area contributed by atoms with Gasteiger partial charge in [-0.15, -0.1) is 0 Å². The van der Waals surface area contributed by atoms with Crippen LogP contribution in [0.1, 0.15) is 0 Å². The van der Waals surface area contributed by atoms with E-state index >= 15 is 0 Å². The Bertz CT molecular complexity index is 3610. The van der Waals surface area contributed by atoms with E-state index in [9.17, 15) is 0 Å². The van der Waals surface area contributed by atoms with Crippen LogP contribution in [0.4, 0.5) is 0 Å². The van der Waals surface area contributed by atoms with Crippen LogP contribution in [0.5, 0.6) is 0 Å². The molecule has 0 bridgehead atoms. The molecule has 12 aromatic rings. The van der Waals surface area contributed by atoms with Gasteiger partial charge in [0.2, 0.25) is 0 Å². The van der Waals surface area contributed by atoms with Gasteiger partial charge in [-0.2, -0.15) is 0 Å². The Kier molecular flexibility index (Phi) is 7.50. The van der Waals surface area contributed by atoms with Crippen molar-refractivity contribution in [3.63, 3.8) is 0 Å². The van der Waals surface area contributed by atoms with Crippen LogP contribution in [0, 0.1) is 0 Å². The van der Waals surface area contributed by atoms with E-state index in [-0.39, 0.29) is 0 Å². The molecule has 0 unspecified atom stereocenters. The fraction of sp³-hybridized carbons (Fsp3) is 0. The highest BCUT2D eigenvalue weighted by molar-refractivity contribution is 6.32. The summed E-state index contributed by atoms with van der Waals surface area (Å²) in [5.41, 5.74) is 8.54. The standard InChI is InChI=1S/C55H34N4/c1-3-16-35(17-4-1)53-56-54(38-19-15-18-36(32-38)37-30-31-45-44-26-13-14-29-50(44)59(51(45)33-37)39-20-5-2-6-21-39)58-55(57-53)49-34-48-42-24-8-7-22-40(42)41-23-9-11-27-46(41)52(48)47-28-12-10-25-43(47)49/h1-34H. The molecule has 0 aliphatic carbocycles. The molecule has 0 atom stereocenters. The number of hydrogen-bond acceptors (Lipinski definition) is 3. The molecule has 0 aliphatic heterocycles. The number of hydrogen-bond donors (Lipinski definition) is 0. The number of benzene rings is 10. The van der Waals surface area contributed by atoms with Crippen molar-refractivity contribution >= 4 is 64.9 Å². The van der Waals surface area contributed by atoms with E-state index in [1.807, 2.05) is 18.2 Å². The van der Waals surface area contributed by atoms with Crippen molar-refractivity contribution in [2.24, 2.45) is 0 Å². The Balaban J connectivity index is 1.08. The Morgan fingerprint density at radius 1 is 0.271 bits per heavy atom. The largest absolute Gasteiger partial charge is 0.309 e. The molecule has 4 nitrogen and oxygen atoms in total. The van der Waals surface area contributed by atoms with Gasteiger partial charge in [0.1, 0.15) is 0 Å². The summed E-state index contributed by atoms with van der Waals surface area (Å²) >= 11 is 0. The summed E-state index contributed by atoms with van der Waals surface area (Å²) in [7, 11) is 0. The molecule has 12 rings (SSSR count). The normalized spacial score (nSPS) is 11.7. The van der Waals surface area contributed by atoms with Crippen molar-refractivity contribution in [3.8, 4) is 51.0 Å². The van der Waals surface area contributed by atoms with Crippen molar-refractivity contribution in [2.75, 3.05) is 0 Å². The van der Waals surface area contributed by atoms with Crippen molar-refractivity contribution in [1.82, 2.24) is 19.5 Å². The van der Waals surface area contributed by atoms with E-state index in [2.05, 4.69) is 193 Å². The zero-order chi connectivity index (χ0) is 38.9. The van der Waals surface area contributed by atoms with Gasteiger partial charge in [0.05, 0.1) is 11.0 Å². The van der Waals surface area contributed by atoms with Crippen LogP contribution in [-0.4, -0.2) is 19.5 Å². The maximum Gasteiger partial charge on any atom is 0.164 e. The fourth-order valence-electron chi connectivity index (χ4n) is 9.14. The molecule has 0 aliphatic rings. The molecule has 0 saturated carbocycles. The molecule has 59 heavy (non-hydrogen) atoms. The summed E-state index contributed by atoms with van der Waals surface area (Å²) < 4.78 is 2.36. The lowest BCUT2D eigenvalue weighted by Crippen LogP contribution is -2.01. The lowest BCUT2D eigenvalue weighted by Gasteiger charge is -2.16. The Labute approximate surface area is 340 Å². The first kappa shape index (κ1) is 33.2. The zero-order valence-electron chi connectivity index (χ0n) is 31.9. The zero-order valence-corrected chi connectivity index (χ0v) is 31.9. The lowest BCUT2D eigenvalue weighted by molar-refractivity contribution is 1.08. The summed E-state index contributed by atoms with van der Waals surface area (Å²) in [6.07, 6.45) is 0. The third kappa shape index (κ3) is 5.34. The number of aromatic nitrogens is 4. The molecular weight excluding hydrogens is 717 g/mol. The van der Waals surface area contributed by atoms with Crippen molar-refractivity contribution in [2.45, 2.75) is 0 Å². The average molecular weight is 751 g/mol. The highest BCUT2D eigenvalue weighted by atomic mass is 15.0. The van der Waals surface area contributed by atoms with Gasteiger partial charge in [0.15, 0.2) is 17.5 Å². The van der Waals surface area contributed by atoms with Crippen LogP contribution in [0.25, 0.3) is 116 Å². The molecule has 0 saturated heterocycles. The first-order valence-corrected chi connectivity index (χ1v) is 20.0. The molecule has 0 amide bonds. The van der Waals surface area contributed by atoms with Crippen molar-refractivity contribution in [3.05, 3.63) is 206 Å². The minimum atomic E-state index is 0.628. The maximum absolute atomic E-state index is 5.34. The monoisotopic (exact) mass is 750 g/mol. The molecule has 10 aromatic carbocycles. The third-order valence-corrected chi connectivity index (χ3v) is 11.8. The van der Waals surface area contributed by atoms with E-state index in [4.69, 9.17) is 15.0 Å². The van der Waals surface area contributed by atoms with E-state index in [0.29, 0.717) is 17.5 Å². The second-order valence-corrected chi connectivity index (χ2v) is 15.2. The number of rotatable bonds is 5. The molecule has 0 radical (unpaired) electrons. The van der Waals surface area contributed by atoms with Gasteiger partial charge in [0, 0.05) is 33.2 Å². The first-order valence-electron chi connectivity index (χ1n) is 20.0.